The van der Waals surface area contributed by atoms with Crippen LogP contribution in [-0.2, 0) is 6.42 Å². The van der Waals surface area contributed by atoms with Crippen LogP contribution in [0.2, 0.25) is 5.02 Å². The van der Waals surface area contributed by atoms with Gasteiger partial charge in [0.2, 0.25) is 11.8 Å². The molecule has 0 aliphatic heterocycles. The Kier molecular flexibility index (Phi) is 6.83. The molecule has 0 atom stereocenters. The molecule has 3 aromatic rings. The Bertz CT molecular complexity index is 1110. The van der Waals surface area contributed by atoms with Crippen molar-refractivity contribution in [3.63, 3.8) is 0 Å². The highest BCUT2D eigenvalue weighted by Crippen LogP contribution is 2.26. The number of carboxylic acid groups (broad SMARTS) is 1. The molecule has 0 fully saturated rings. The van der Waals surface area contributed by atoms with Gasteiger partial charge >= 0.3 is 11.7 Å². The Morgan fingerprint density at radius 3 is 2.65 bits per heavy atom. The highest BCUT2D eigenvalue weighted by atomic mass is 35.5. The highest BCUT2D eigenvalue weighted by Gasteiger charge is 2.18. The van der Waals surface area contributed by atoms with Gasteiger partial charge in [0, 0.05) is 17.3 Å². The van der Waals surface area contributed by atoms with Gasteiger partial charge < -0.3 is 20.5 Å². The molecule has 2 aromatic carbocycles. The molecule has 0 saturated heterocycles. The van der Waals surface area contributed by atoms with Crippen LogP contribution in [0.5, 0.6) is 5.75 Å². The Morgan fingerprint density at radius 1 is 1.26 bits per heavy atom. The Balaban J connectivity index is 1.77. The first-order chi connectivity index (χ1) is 14.9. The smallest absolute Gasteiger partial charge is 0.339 e. The van der Waals surface area contributed by atoms with E-state index < -0.39 is 10.9 Å². The van der Waals surface area contributed by atoms with Gasteiger partial charge in [-0.2, -0.15) is 4.98 Å². The second-order valence-electron chi connectivity index (χ2n) is 6.30. The Hall–Kier alpha value is -3.92. The number of carbonyl (C=O) groups is 1. The van der Waals surface area contributed by atoms with E-state index in [2.05, 4.69) is 20.6 Å². The monoisotopic (exact) mass is 443 g/mol. The number of para-hydroxylation sites is 1. The van der Waals surface area contributed by atoms with Crippen LogP contribution >= 0.6 is 11.6 Å². The van der Waals surface area contributed by atoms with Crippen molar-refractivity contribution in [3.05, 3.63) is 74.9 Å². The van der Waals surface area contributed by atoms with Crippen LogP contribution in [0, 0.1) is 10.1 Å². The molecule has 0 amide bonds. The van der Waals surface area contributed by atoms with E-state index in [9.17, 15) is 20.0 Å². The molecule has 3 N–H and O–H groups in total. The zero-order valence-electron chi connectivity index (χ0n) is 16.3. The van der Waals surface area contributed by atoms with Crippen molar-refractivity contribution in [1.29, 1.82) is 0 Å². The van der Waals surface area contributed by atoms with E-state index in [0.29, 0.717) is 22.7 Å². The summed E-state index contributed by atoms with van der Waals surface area (Å²) in [7, 11) is 1.39. The second kappa shape index (κ2) is 9.72. The minimum Gasteiger partial charge on any atom is -0.496 e. The molecule has 31 heavy (non-hydrogen) atoms. The molecule has 1 heterocycles. The number of aromatic nitrogens is 2. The van der Waals surface area contributed by atoms with E-state index in [4.69, 9.17) is 16.3 Å². The summed E-state index contributed by atoms with van der Waals surface area (Å²) in [5, 5.41) is 27.1. The average Bonchev–Trinajstić information content (AvgIpc) is 2.75. The molecule has 3 rings (SSSR count). The van der Waals surface area contributed by atoms with E-state index in [1.165, 1.54) is 13.2 Å². The van der Waals surface area contributed by atoms with Crippen molar-refractivity contribution in [1.82, 2.24) is 9.97 Å². The second-order valence-corrected chi connectivity index (χ2v) is 6.73. The molecule has 0 aliphatic carbocycles. The highest BCUT2D eigenvalue weighted by molar-refractivity contribution is 6.30. The van der Waals surface area contributed by atoms with Gasteiger partial charge in [0.05, 0.1) is 12.0 Å². The molecule has 0 saturated carbocycles. The van der Waals surface area contributed by atoms with Gasteiger partial charge in [-0.05, 0) is 42.3 Å². The zero-order valence-corrected chi connectivity index (χ0v) is 17.1. The lowest BCUT2D eigenvalue weighted by Gasteiger charge is -2.12. The van der Waals surface area contributed by atoms with E-state index >= 15 is 0 Å². The summed E-state index contributed by atoms with van der Waals surface area (Å²) in [4.78, 5) is 30.3. The fraction of sp³-hybridized carbons (Fsp3) is 0.150. The van der Waals surface area contributed by atoms with E-state index in [-0.39, 0.29) is 35.3 Å². The largest absolute Gasteiger partial charge is 0.496 e. The van der Waals surface area contributed by atoms with Gasteiger partial charge in [-0.1, -0.05) is 23.7 Å². The summed E-state index contributed by atoms with van der Waals surface area (Å²) >= 11 is 5.87. The summed E-state index contributed by atoms with van der Waals surface area (Å²) in [5.74, 6) is -0.652. The van der Waals surface area contributed by atoms with E-state index in [1.54, 1.807) is 36.4 Å². The van der Waals surface area contributed by atoms with Crippen molar-refractivity contribution in [2.24, 2.45) is 0 Å². The number of hydrogen-bond donors (Lipinski definition) is 3. The van der Waals surface area contributed by atoms with Gasteiger partial charge in [-0.15, -0.1) is 0 Å². The first kappa shape index (κ1) is 21.8. The maximum Gasteiger partial charge on any atom is 0.339 e. The summed E-state index contributed by atoms with van der Waals surface area (Å²) in [5.41, 5.74) is 1.07. The SMILES string of the molecule is COc1c(CCNc2nc(Nc3ccc(Cl)cc3)ncc2[N+](=O)[O-])cccc1C(=O)O. The minimum absolute atomic E-state index is 0.0322. The number of rotatable bonds is 9. The van der Waals surface area contributed by atoms with Crippen LogP contribution in [0.4, 0.5) is 23.1 Å². The summed E-state index contributed by atoms with van der Waals surface area (Å²) in [6, 6.07) is 11.6. The lowest BCUT2D eigenvalue weighted by molar-refractivity contribution is -0.384. The predicted octanol–water partition coefficient (Wildman–Crippen LogP) is 4.14. The van der Waals surface area contributed by atoms with E-state index in [0.717, 1.165) is 6.20 Å². The zero-order chi connectivity index (χ0) is 22.4. The fourth-order valence-electron chi connectivity index (χ4n) is 2.87. The van der Waals surface area contributed by atoms with E-state index in [1.807, 2.05) is 0 Å². The van der Waals surface area contributed by atoms with Gasteiger partial charge in [0.1, 0.15) is 17.5 Å². The number of nitrogens with zero attached hydrogens (tertiary/aromatic N) is 3. The van der Waals surface area contributed by atoms with Gasteiger partial charge in [0.25, 0.3) is 0 Å². The molecular formula is C20H18ClN5O5. The van der Waals surface area contributed by atoms with Crippen molar-refractivity contribution < 1.29 is 19.6 Å². The van der Waals surface area contributed by atoms with Crippen LogP contribution in [0.15, 0.2) is 48.7 Å². The average molecular weight is 444 g/mol. The third-order valence-electron chi connectivity index (χ3n) is 4.28. The number of methoxy groups -OCH3 is 1. The number of aromatic carboxylic acids is 1. The molecular weight excluding hydrogens is 426 g/mol. The van der Waals surface area contributed by atoms with Crippen molar-refractivity contribution >= 4 is 40.7 Å². The lowest BCUT2D eigenvalue weighted by atomic mass is 10.1. The third-order valence-corrected chi connectivity index (χ3v) is 4.54. The molecule has 0 bridgehead atoms. The number of ether oxygens (including phenoxy) is 1. The minimum atomic E-state index is -1.10. The molecule has 10 nitrogen and oxygen atoms in total. The Labute approximate surface area is 182 Å². The first-order valence-electron chi connectivity index (χ1n) is 9.06. The number of anilines is 3. The van der Waals surface area contributed by atoms with Crippen molar-refractivity contribution in [3.8, 4) is 5.75 Å². The van der Waals surface area contributed by atoms with Crippen LogP contribution in [0.25, 0.3) is 0 Å². The summed E-state index contributed by atoms with van der Waals surface area (Å²) in [6.45, 7) is 0.248. The molecule has 0 unspecified atom stereocenters. The lowest BCUT2D eigenvalue weighted by Crippen LogP contribution is -2.12. The summed E-state index contributed by atoms with van der Waals surface area (Å²) in [6.07, 6.45) is 1.46. The number of nitro groups is 1. The number of benzene rings is 2. The van der Waals surface area contributed by atoms with Crippen molar-refractivity contribution in [2.75, 3.05) is 24.3 Å². The fourth-order valence-corrected chi connectivity index (χ4v) is 2.99. The van der Waals surface area contributed by atoms with Crippen LogP contribution < -0.4 is 15.4 Å². The van der Waals surface area contributed by atoms with Gasteiger partial charge in [-0.25, -0.2) is 9.78 Å². The molecule has 11 heteroatoms. The molecule has 0 aliphatic rings. The standard InChI is InChI=1S/C20H18ClN5O5/c1-31-17-12(3-2-4-15(17)19(27)28)9-10-22-18-16(26(29)30)11-23-20(25-18)24-14-7-5-13(21)6-8-14/h2-8,11H,9-10H2,1H3,(H,27,28)(H2,22,23,24,25). The van der Waals surface area contributed by atoms with Gasteiger partial charge in [0.15, 0.2) is 0 Å². The number of halogens is 1. The maximum absolute atomic E-state index is 11.4. The number of carboxylic acids is 1. The molecule has 160 valence electrons. The normalized spacial score (nSPS) is 10.4. The van der Waals surface area contributed by atoms with Gasteiger partial charge in [-0.3, -0.25) is 10.1 Å². The predicted molar refractivity (Wildman–Crippen MR) is 116 cm³/mol. The number of nitrogens with one attached hydrogen (secondary N) is 2. The van der Waals surface area contributed by atoms with Crippen LogP contribution in [0.1, 0.15) is 15.9 Å². The molecule has 0 radical (unpaired) electrons. The maximum atomic E-state index is 11.4. The third kappa shape index (κ3) is 5.37. The summed E-state index contributed by atoms with van der Waals surface area (Å²) < 4.78 is 5.23. The van der Waals surface area contributed by atoms with Crippen LogP contribution in [0.3, 0.4) is 0 Å². The van der Waals surface area contributed by atoms with Crippen molar-refractivity contribution in [2.45, 2.75) is 6.42 Å². The first-order valence-corrected chi connectivity index (χ1v) is 9.44. The topological polar surface area (TPSA) is 140 Å². The molecule has 0 spiro atoms. The Morgan fingerprint density at radius 2 is 2.00 bits per heavy atom. The quantitative estimate of drug-likeness (QED) is 0.328. The van der Waals surface area contributed by atoms with Crippen LogP contribution in [-0.4, -0.2) is 39.6 Å². The number of hydrogen-bond acceptors (Lipinski definition) is 8. The molecule has 1 aromatic heterocycles.